The quantitative estimate of drug-likeness (QED) is 0.864. The summed E-state index contributed by atoms with van der Waals surface area (Å²) in [4.78, 5) is 15.4. The van der Waals surface area contributed by atoms with Crippen molar-refractivity contribution in [2.24, 2.45) is 11.8 Å². The zero-order chi connectivity index (χ0) is 12.7. The van der Waals surface area contributed by atoms with Crippen LogP contribution in [-0.2, 0) is 4.79 Å². The molecule has 1 N–H and O–H groups in total. The average Bonchev–Trinajstić information content (AvgIpc) is 2.92. The smallest absolute Gasteiger partial charge is 0.307 e. The molecule has 0 radical (unpaired) electrons. The fourth-order valence-corrected chi connectivity index (χ4v) is 2.87. The Morgan fingerprint density at radius 1 is 1.44 bits per heavy atom. The van der Waals surface area contributed by atoms with Gasteiger partial charge in [-0.25, -0.2) is 4.98 Å². The lowest BCUT2D eigenvalue weighted by Gasteiger charge is -2.13. The topological polar surface area (TPSA) is 80.4 Å². The molecule has 2 aromatic rings. The number of carbonyl (C=O) groups is 1. The van der Waals surface area contributed by atoms with Crippen molar-refractivity contribution in [3.05, 3.63) is 24.4 Å². The van der Waals surface area contributed by atoms with Gasteiger partial charge in [-0.15, -0.1) is 10.2 Å². The van der Waals surface area contributed by atoms with E-state index in [1.807, 2.05) is 0 Å². The zero-order valence-corrected chi connectivity index (χ0v) is 10.0. The number of aliphatic carboxylic acids is 1. The van der Waals surface area contributed by atoms with Crippen LogP contribution in [0.1, 0.15) is 31.5 Å². The third-order valence-corrected chi connectivity index (χ3v) is 3.69. The van der Waals surface area contributed by atoms with E-state index in [1.165, 1.54) is 0 Å². The summed E-state index contributed by atoms with van der Waals surface area (Å²) in [6.45, 7) is 2.08. The molecule has 94 valence electrons. The molecule has 0 amide bonds. The third-order valence-electron chi connectivity index (χ3n) is 3.69. The molecule has 6 heteroatoms. The van der Waals surface area contributed by atoms with Crippen LogP contribution in [0.4, 0.5) is 0 Å². The number of hydrogen-bond acceptors (Lipinski definition) is 4. The highest BCUT2D eigenvalue weighted by Gasteiger charge is 2.40. The maximum Gasteiger partial charge on any atom is 0.307 e. The van der Waals surface area contributed by atoms with Crippen LogP contribution >= 0.6 is 0 Å². The van der Waals surface area contributed by atoms with Crippen molar-refractivity contribution in [1.82, 2.24) is 19.6 Å². The fraction of sp³-hybridized carbons (Fsp3) is 0.500. The summed E-state index contributed by atoms with van der Waals surface area (Å²) < 4.78 is 1.79. The summed E-state index contributed by atoms with van der Waals surface area (Å²) in [5, 5.41) is 17.5. The normalized spacial score (nSPS) is 27.7. The van der Waals surface area contributed by atoms with E-state index >= 15 is 0 Å². The molecule has 1 fully saturated rings. The van der Waals surface area contributed by atoms with E-state index in [9.17, 15) is 9.90 Å². The average molecular weight is 246 g/mol. The van der Waals surface area contributed by atoms with Crippen molar-refractivity contribution < 1.29 is 9.90 Å². The van der Waals surface area contributed by atoms with Gasteiger partial charge in [-0.1, -0.05) is 6.92 Å². The van der Waals surface area contributed by atoms with Gasteiger partial charge in [-0.3, -0.25) is 9.20 Å². The van der Waals surface area contributed by atoms with Crippen molar-refractivity contribution >= 4 is 11.6 Å². The highest BCUT2D eigenvalue weighted by molar-refractivity contribution is 5.71. The first kappa shape index (κ1) is 11.1. The van der Waals surface area contributed by atoms with Gasteiger partial charge in [0.1, 0.15) is 12.2 Å². The summed E-state index contributed by atoms with van der Waals surface area (Å²) in [5.41, 5.74) is 0.712. The van der Waals surface area contributed by atoms with E-state index in [-0.39, 0.29) is 11.8 Å². The largest absolute Gasteiger partial charge is 0.481 e. The van der Waals surface area contributed by atoms with Crippen molar-refractivity contribution in [2.45, 2.75) is 25.7 Å². The van der Waals surface area contributed by atoms with Crippen LogP contribution in [0.3, 0.4) is 0 Å². The summed E-state index contributed by atoms with van der Waals surface area (Å²) in [6, 6.07) is 1.77. The van der Waals surface area contributed by atoms with E-state index < -0.39 is 5.97 Å². The van der Waals surface area contributed by atoms with Crippen LogP contribution in [0, 0.1) is 11.8 Å². The molecular formula is C12H14N4O2. The predicted molar refractivity (Wildman–Crippen MR) is 63.0 cm³/mol. The standard InChI is InChI=1S/C12H14N4O2/c1-7-4-8(9(5-7)12(17)18)11-15-14-10-2-3-13-6-16(10)11/h2-3,6-9H,4-5H2,1H3,(H,17,18). The van der Waals surface area contributed by atoms with Crippen molar-refractivity contribution in [3.63, 3.8) is 0 Å². The maximum absolute atomic E-state index is 11.3. The molecule has 18 heavy (non-hydrogen) atoms. The molecule has 0 aromatic carbocycles. The molecule has 0 spiro atoms. The van der Waals surface area contributed by atoms with Crippen LogP contribution in [0.5, 0.6) is 0 Å². The van der Waals surface area contributed by atoms with Gasteiger partial charge in [0.25, 0.3) is 0 Å². The van der Waals surface area contributed by atoms with Crippen molar-refractivity contribution in [1.29, 1.82) is 0 Å². The van der Waals surface area contributed by atoms with Gasteiger partial charge >= 0.3 is 5.97 Å². The fourth-order valence-electron chi connectivity index (χ4n) is 2.87. The molecule has 0 aliphatic heterocycles. The molecule has 3 unspecified atom stereocenters. The number of fused-ring (bicyclic) bond motifs is 1. The molecule has 1 aliphatic carbocycles. The number of carboxylic acids is 1. The van der Waals surface area contributed by atoms with Crippen LogP contribution in [0.2, 0.25) is 0 Å². The molecule has 0 saturated heterocycles. The molecule has 3 rings (SSSR count). The Kier molecular flexibility index (Phi) is 2.50. The monoisotopic (exact) mass is 246 g/mol. The third kappa shape index (κ3) is 1.64. The van der Waals surface area contributed by atoms with Gasteiger partial charge in [0.2, 0.25) is 0 Å². The van der Waals surface area contributed by atoms with Crippen LogP contribution in [-0.4, -0.2) is 30.7 Å². The Morgan fingerprint density at radius 2 is 2.28 bits per heavy atom. The Balaban J connectivity index is 2.05. The molecule has 2 aromatic heterocycles. The van der Waals surface area contributed by atoms with Crippen molar-refractivity contribution in [2.75, 3.05) is 0 Å². The lowest BCUT2D eigenvalue weighted by atomic mass is 9.95. The summed E-state index contributed by atoms with van der Waals surface area (Å²) in [6.07, 6.45) is 4.84. The Hall–Kier alpha value is -1.98. The molecule has 6 nitrogen and oxygen atoms in total. The lowest BCUT2D eigenvalue weighted by Crippen LogP contribution is -2.18. The second-order valence-electron chi connectivity index (χ2n) is 4.99. The molecule has 0 bridgehead atoms. The lowest BCUT2D eigenvalue weighted by molar-refractivity contribution is -0.142. The van der Waals surface area contributed by atoms with E-state index in [1.54, 1.807) is 23.0 Å². The second kappa shape index (κ2) is 4.04. The van der Waals surface area contributed by atoms with Crippen LogP contribution in [0.15, 0.2) is 18.6 Å². The maximum atomic E-state index is 11.3. The molecule has 2 heterocycles. The van der Waals surface area contributed by atoms with E-state index in [2.05, 4.69) is 22.1 Å². The highest BCUT2D eigenvalue weighted by atomic mass is 16.4. The van der Waals surface area contributed by atoms with Gasteiger partial charge in [0.05, 0.1) is 5.92 Å². The summed E-state index contributed by atoms with van der Waals surface area (Å²) in [7, 11) is 0. The van der Waals surface area contributed by atoms with E-state index in [0.29, 0.717) is 18.0 Å². The molecule has 1 saturated carbocycles. The first-order valence-electron chi connectivity index (χ1n) is 6.04. The Bertz CT molecular complexity index is 595. The van der Waals surface area contributed by atoms with Gasteiger partial charge in [-0.2, -0.15) is 0 Å². The van der Waals surface area contributed by atoms with Gasteiger partial charge in [-0.05, 0) is 18.8 Å². The first-order valence-corrected chi connectivity index (χ1v) is 6.04. The Morgan fingerprint density at radius 3 is 3.06 bits per heavy atom. The van der Waals surface area contributed by atoms with Crippen LogP contribution in [0.25, 0.3) is 5.65 Å². The minimum absolute atomic E-state index is 0.0725. The first-order chi connectivity index (χ1) is 8.66. The van der Waals surface area contributed by atoms with Gasteiger partial charge in [0, 0.05) is 18.2 Å². The minimum Gasteiger partial charge on any atom is -0.481 e. The number of rotatable bonds is 2. The molecular weight excluding hydrogens is 232 g/mol. The minimum atomic E-state index is -0.745. The Labute approximate surface area is 104 Å². The summed E-state index contributed by atoms with van der Waals surface area (Å²) in [5.74, 6) is -0.0655. The number of aromatic nitrogens is 4. The SMILES string of the molecule is CC1CC(C(=O)O)C(c2nnc3ccncn23)C1. The second-order valence-corrected chi connectivity index (χ2v) is 4.99. The number of hydrogen-bond donors (Lipinski definition) is 1. The van der Waals surface area contributed by atoms with Crippen molar-refractivity contribution in [3.8, 4) is 0 Å². The predicted octanol–water partition coefficient (Wildman–Crippen LogP) is 1.34. The molecule has 1 aliphatic rings. The summed E-state index contributed by atoms with van der Waals surface area (Å²) >= 11 is 0. The number of carboxylic acid groups (broad SMARTS) is 1. The number of nitrogens with zero attached hydrogens (tertiary/aromatic N) is 4. The van der Waals surface area contributed by atoms with Crippen LogP contribution < -0.4 is 0 Å². The van der Waals surface area contributed by atoms with E-state index in [4.69, 9.17) is 0 Å². The zero-order valence-electron chi connectivity index (χ0n) is 10.0. The van der Waals surface area contributed by atoms with Gasteiger partial charge < -0.3 is 5.11 Å². The highest BCUT2D eigenvalue weighted by Crippen LogP contribution is 2.42. The van der Waals surface area contributed by atoms with E-state index in [0.717, 1.165) is 12.2 Å². The van der Waals surface area contributed by atoms with Gasteiger partial charge in [0.15, 0.2) is 5.65 Å². The molecule has 3 atom stereocenters.